The average molecular weight is 408 g/mol. The Balaban J connectivity index is 1.64. The van der Waals surface area contributed by atoms with Crippen molar-refractivity contribution in [1.82, 2.24) is 14.5 Å². The average Bonchev–Trinajstić information content (AvgIpc) is 3.09. The van der Waals surface area contributed by atoms with Gasteiger partial charge in [0, 0.05) is 42.8 Å². The van der Waals surface area contributed by atoms with Crippen LogP contribution < -0.4 is 4.90 Å². The molecule has 1 saturated heterocycles. The van der Waals surface area contributed by atoms with E-state index in [1.54, 1.807) is 6.07 Å². The second kappa shape index (κ2) is 6.71. The van der Waals surface area contributed by atoms with Crippen molar-refractivity contribution in [3.63, 3.8) is 0 Å². The highest BCUT2D eigenvalue weighted by Crippen LogP contribution is 2.34. The summed E-state index contributed by atoms with van der Waals surface area (Å²) in [6.07, 6.45) is 1.20. The molecule has 0 spiro atoms. The summed E-state index contributed by atoms with van der Waals surface area (Å²) in [6.45, 7) is 1.93. The minimum Gasteiger partial charge on any atom is -0.503 e. The van der Waals surface area contributed by atoms with Gasteiger partial charge < -0.3 is 10.0 Å². The summed E-state index contributed by atoms with van der Waals surface area (Å²) in [6, 6.07) is 7.69. The Labute approximate surface area is 160 Å². The number of aromatic nitrogens is 2. The molecule has 2 heterocycles. The predicted octanol–water partition coefficient (Wildman–Crippen LogP) is 2.30. The molecular formula is C18H18F2N4O3S. The Morgan fingerprint density at radius 3 is 2.50 bits per heavy atom. The molecule has 2 aromatic carbocycles. The fourth-order valence-corrected chi connectivity index (χ4v) is 4.24. The zero-order chi connectivity index (χ0) is 20.1. The highest BCUT2D eigenvalue weighted by Gasteiger charge is 2.24. The van der Waals surface area contributed by atoms with Crippen LogP contribution in [0.4, 0.5) is 14.5 Å². The van der Waals surface area contributed by atoms with Gasteiger partial charge in [0.25, 0.3) is 0 Å². The van der Waals surface area contributed by atoms with Crippen LogP contribution in [0.2, 0.25) is 0 Å². The molecule has 0 atom stereocenters. The number of aromatic amines is 1. The fourth-order valence-electron chi connectivity index (χ4n) is 3.41. The maximum Gasteiger partial charge on any atom is 0.211 e. The van der Waals surface area contributed by atoms with Crippen LogP contribution in [0, 0.1) is 11.6 Å². The third-order valence-corrected chi connectivity index (χ3v) is 6.24. The molecule has 1 aliphatic heterocycles. The Morgan fingerprint density at radius 2 is 1.82 bits per heavy atom. The second-order valence-electron chi connectivity index (χ2n) is 6.71. The van der Waals surface area contributed by atoms with Crippen LogP contribution in [0.25, 0.3) is 22.2 Å². The maximum atomic E-state index is 14.3. The Morgan fingerprint density at radius 1 is 1.11 bits per heavy atom. The first kappa shape index (κ1) is 18.6. The van der Waals surface area contributed by atoms with Gasteiger partial charge in [0.15, 0.2) is 17.4 Å². The highest BCUT2D eigenvalue weighted by molar-refractivity contribution is 7.88. The van der Waals surface area contributed by atoms with Crippen molar-refractivity contribution in [2.75, 3.05) is 37.3 Å². The zero-order valence-corrected chi connectivity index (χ0v) is 15.8. The van der Waals surface area contributed by atoms with Gasteiger partial charge in [-0.15, -0.1) is 0 Å². The van der Waals surface area contributed by atoms with Gasteiger partial charge in [-0.3, -0.25) is 5.10 Å². The lowest BCUT2D eigenvalue weighted by Crippen LogP contribution is -2.48. The maximum absolute atomic E-state index is 14.3. The SMILES string of the molecule is CS(=O)(=O)N1CCN(c2ccc3c(-c4ccc(F)c(O)c4F)n[nH]c3c2)CC1. The molecule has 7 nitrogen and oxygen atoms in total. The topological polar surface area (TPSA) is 89.5 Å². The Kier molecular flexibility index (Phi) is 4.47. The summed E-state index contributed by atoms with van der Waals surface area (Å²) in [5.74, 6) is -3.12. The van der Waals surface area contributed by atoms with Crippen LogP contribution in [0.3, 0.4) is 0 Å². The van der Waals surface area contributed by atoms with Gasteiger partial charge in [-0.1, -0.05) is 0 Å². The molecule has 28 heavy (non-hydrogen) atoms. The van der Waals surface area contributed by atoms with E-state index in [0.717, 1.165) is 11.8 Å². The quantitative estimate of drug-likeness (QED) is 0.694. The minimum absolute atomic E-state index is 0.000309. The molecule has 2 N–H and O–H groups in total. The molecule has 4 rings (SSSR count). The molecule has 1 fully saturated rings. The zero-order valence-electron chi connectivity index (χ0n) is 15.0. The van der Waals surface area contributed by atoms with Crippen molar-refractivity contribution < 1.29 is 22.3 Å². The first-order valence-electron chi connectivity index (χ1n) is 8.61. The normalized spacial score (nSPS) is 16.0. The third-order valence-electron chi connectivity index (χ3n) is 4.94. The van der Waals surface area contributed by atoms with Gasteiger partial charge in [-0.05, 0) is 30.3 Å². The summed E-state index contributed by atoms with van der Waals surface area (Å²) in [4.78, 5) is 2.06. The second-order valence-corrected chi connectivity index (χ2v) is 8.69. The number of phenols is 1. The van der Waals surface area contributed by atoms with E-state index >= 15 is 0 Å². The number of H-pyrrole nitrogens is 1. The lowest BCUT2D eigenvalue weighted by atomic mass is 10.1. The van der Waals surface area contributed by atoms with Crippen LogP contribution >= 0.6 is 0 Å². The van der Waals surface area contributed by atoms with Crippen molar-refractivity contribution >= 4 is 26.6 Å². The number of sulfonamides is 1. The van der Waals surface area contributed by atoms with Crippen molar-refractivity contribution in [1.29, 1.82) is 0 Å². The molecule has 0 amide bonds. The molecule has 0 saturated carbocycles. The lowest BCUT2D eigenvalue weighted by molar-refractivity contribution is 0.388. The van der Waals surface area contributed by atoms with Gasteiger partial charge >= 0.3 is 0 Å². The number of nitrogens with zero attached hydrogens (tertiary/aromatic N) is 3. The summed E-state index contributed by atoms with van der Waals surface area (Å²) < 4.78 is 52.3. The van der Waals surface area contributed by atoms with Gasteiger partial charge in [0.2, 0.25) is 10.0 Å². The number of aromatic hydroxyl groups is 1. The first-order valence-corrected chi connectivity index (χ1v) is 10.5. The number of piperazine rings is 1. The predicted molar refractivity (Wildman–Crippen MR) is 102 cm³/mol. The van der Waals surface area contributed by atoms with E-state index in [9.17, 15) is 22.3 Å². The van der Waals surface area contributed by atoms with E-state index < -0.39 is 27.4 Å². The monoisotopic (exact) mass is 408 g/mol. The third kappa shape index (κ3) is 3.18. The Hall–Kier alpha value is -2.72. The van der Waals surface area contributed by atoms with Crippen molar-refractivity contribution in [3.05, 3.63) is 42.0 Å². The van der Waals surface area contributed by atoms with Crippen LogP contribution in [-0.2, 0) is 10.0 Å². The highest BCUT2D eigenvalue weighted by atomic mass is 32.2. The minimum atomic E-state index is -3.20. The molecule has 1 aromatic heterocycles. The standard InChI is InChI=1S/C18H18F2N4O3S/c1-28(26,27)24-8-6-23(7-9-24)11-2-3-12-15(10-11)21-22-17(12)13-4-5-14(19)18(25)16(13)20/h2-5,10,25H,6-9H2,1H3,(H,21,22). The summed E-state index contributed by atoms with van der Waals surface area (Å²) in [5, 5.41) is 17.1. The van der Waals surface area contributed by atoms with E-state index in [2.05, 4.69) is 15.1 Å². The van der Waals surface area contributed by atoms with Gasteiger partial charge in [0.05, 0.1) is 11.8 Å². The number of phenolic OH excluding ortho intramolecular Hbond substituents is 1. The van der Waals surface area contributed by atoms with Gasteiger partial charge in [-0.25, -0.2) is 17.2 Å². The molecule has 3 aromatic rings. The molecule has 148 valence electrons. The molecule has 0 aliphatic carbocycles. The molecular weight excluding hydrogens is 390 g/mol. The van der Waals surface area contributed by atoms with Gasteiger partial charge in [-0.2, -0.15) is 9.40 Å². The number of benzene rings is 2. The number of fused-ring (bicyclic) bond motifs is 1. The van der Waals surface area contributed by atoms with Crippen molar-refractivity contribution in [2.45, 2.75) is 0 Å². The first-order chi connectivity index (χ1) is 13.3. The van der Waals surface area contributed by atoms with E-state index in [-0.39, 0.29) is 11.3 Å². The number of halogens is 2. The largest absolute Gasteiger partial charge is 0.503 e. The van der Waals surface area contributed by atoms with Crippen LogP contribution in [0.15, 0.2) is 30.3 Å². The molecule has 0 unspecified atom stereocenters. The number of nitrogens with one attached hydrogen (secondary N) is 1. The summed E-state index contributed by atoms with van der Waals surface area (Å²) >= 11 is 0. The lowest BCUT2D eigenvalue weighted by Gasteiger charge is -2.34. The Bertz CT molecular complexity index is 1160. The van der Waals surface area contributed by atoms with E-state index in [1.165, 1.54) is 16.6 Å². The summed E-state index contributed by atoms with van der Waals surface area (Å²) in [7, 11) is -3.20. The smallest absolute Gasteiger partial charge is 0.211 e. The number of hydrogen-bond donors (Lipinski definition) is 2. The molecule has 0 bridgehead atoms. The number of rotatable bonds is 3. The number of hydrogen-bond acceptors (Lipinski definition) is 5. The molecule has 0 radical (unpaired) electrons. The van der Waals surface area contributed by atoms with Crippen LogP contribution in [0.5, 0.6) is 5.75 Å². The van der Waals surface area contributed by atoms with E-state index in [1.807, 2.05) is 12.1 Å². The molecule has 10 heteroatoms. The number of anilines is 1. The molecule has 1 aliphatic rings. The van der Waals surface area contributed by atoms with E-state index in [0.29, 0.717) is 37.1 Å². The van der Waals surface area contributed by atoms with Crippen molar-refractivity contribution in [2.24, 2.45) is 0 Å². The van der Waals surface area contributed by atoms with E-state index in [4.69, 9.17) is 0 Å². The van der Waals surface area contributed by atoms with Crippen molar-refractivity contribution in [3.8, 4) is 17.0 Å². The van der Waals surface area contributed by atoms with Gasteiger partial charge in [0.1, 0.15) is 5.69 Å². The summed E-state index contributed by atoms with van der Waals surface area (Å²) in [5.41, 5.74) is 1.82. The van der Waals surface area contributed by atoms with Crippen LogP contribution in [0.1, 0.15) is 0 Å². The van der Waals surface area contributed by atoms with Crippen LogP contribution in [-0.4, -0.2) is 60.5 Å². The fraction of sp³-hybridized carbons (Fsp3) is 0.278.